The highest BCUT2D eigenvalue weighted by Crippen LogP contribution is 2.12. The molecule has 0 aliphatic rings. The summed E-state index contributed by atoms with van der Waals surface area (Å²) in [7, 11) is 0. The molecule has 3 N–H and O–H groups in total. The van der Waals surface area contributed by atoms with Gasteiger partial charge >= 0.3 is 0 Å². The lowest BCUT2D eigenvalue weighted by molar-refractivity contribution is -0.121. The number of anilines is 1. The van der Waals surface area contributed by atoms with Crippen LogP contribution in [0, 0.1) is 0 Å². The fraction of sp³-hybridized carbons (Fsp3) is 0.500. The van der Waals surface area contributed by atoms with Crippen LogP contribution in [0.3, 0.4) is 0 Å². The van der Waals surface area contributed by atoms with Crippen molar-refractivity contribution < 1.29 is 4.79 Å². The summed E-state index contributed by atoms with van der Waals surface area (Å²) < 4.78 is 1.58. The minimum absolute atomic E-state index is 0. The molecule has 0 aliphatic heterocycles. The molecule has 0 bridgehead atoms. The predicted octanol–water partition coefficient (Wildman–Crippen LogP) is 1.81. The number of benzene rings is 1. The van der Waals surface area contributed by atoms with Crippen LogP contribution in [-0.4, -0.2) is 51.8 Å². The van der Waals surface area contributed by atoms with E-state index in [-0.39, 0.29) is 36.8 Å². The number of carbonyl (C=O) groups excluding carboxylic acids is 1. The number of nitrogens with zero attached hydrogens (tertiary/aromatic N) is 4. The Bertz CT molecular complexity index is 624. The fourth-order valence-corrected chi connectivity index (χ4v) is 2.23. The molecule has 2 aromatic rings. The second-order valence-corrected chi connectivity index (χ2v) is 5.40. The smallest absolute Gasteiger partial charge is 0.248 e. The van der Waals surface area contributed by atoms with Gasteiger partial charge < -0.3 is 16.0 Å². The third-order valence-electron chi connectivity index (χ3n) is 3.53. The maximum absolute atomic E-state index is 12.3. The summed E-state index contributed by atoms with van der Waals surface area (Å²) in [6.07, 6.45) is 1.71. The van der Waals surface area contributed by atoms with Crippen LogP contribution in [0.15, 0.2) is 30.3 Å². The van der Waals surface area contributed by atoms with Crippen molar-refractivity contribution in [2.45, 2.75) is 32.7 Å². The summed E-state index contributed by atoms with van der Waals surface area (Å²) in [5.41, 5.74) is 0.837. The van der Waals surface area contributed by atoms with Crippen molar-refractivity contribution in [3.05, 3.63) is 30.3 Å². The first-order valence-corrected chi connectivity index (χ1v) is 8.35. The lowest BCUT2D eigenvalue weighted by Gasteiger charge is -2.17. The first kappa shape index (κ1) is 24.1. The van der Waals surface area contributed by atoms with Gasteiger partial charge in [-0.3, -0.25) is 4.79 Å². The van der Waals surface area contributed by atoms with Gasteiger partial charge in [0.05, 0.1) is 5.69 Å². The number of hydrogen-bond donors (Lipinski definition) is 3. The highest BCUT2D eigenvalue weighted by molar-refractivity contribution is 5.85. The molecule has 10 heteroatoms. The Morgan fingerprint density at radius 3 is 2.50 bits per heavy atom. The summed E-state index contributed by atoms with van der Waals surface area (Å²) in [6, 6.07) is 9.17. The van der Waals surface area contributed by atoms with Crippen molar-refractivity contribution >= 4 is 36.7 Å². The molecule has 146 valence electrons. The van der Waals surface area contributed by atoms with Crippen LogP contribution in [0.5, 0.6) is 0 Å². The molecule has 1 aromatic heterocycles. The van der Waals surface area contributed by atoms with E-state index in [1.165, 1.54) is 0 Å². The Labute approximate surface area is 166 Å². The van der Waals surface area contributed by atoms with E-state index in [1.54, 1.807) is 4.68 Å². The number of carbonyl (C=O) groups is 1. The van der Waals surface area contributed by atoms with E-state index in [2.05, 4.69) is 38.4 Å². The number of hydrogen-bond acceptors (Lipinski definition) is 6. The minimum atomic E-state index is -0.385. The summed E-state index contributed by atoms with van der Waals surface area (Å²) >= 11 is 0. The van der Waals surface area contributed by atoms with E-state index < -0.39 is 0 Å². The molecule has 1 heterocycles. The highest BCUT2D eigenvalue weighted by atomic mass is 35.5. The van der Waals surface area contributed by atoms with Crippen LogP contribution in [0.25, 0.3) is 5.69 Å². The lowest BCUT2D eigenvalue weighted by Crippen LogP contribution is -2.42. The summed E-state index contributed by atoms with van der Waals surface area (Å²) in [5, 5.41) is 21.0. The maximum Gasteiger partial charge on any atom is 0.248 e. The van der Waals surface area contributed by atoms with Gasteiger partial charge in [0.2, 0.25) is 11.9 Å². The Morgan fingerprint density at radius 2 is 1.85 bits per heavy atom. The van der Waals surface area contributed by atoms with Gasteiger partial charge in [0.1, 0.15) is 6.04 Å². The molecule has 1 amide bonds. The SMILES string of the molecule is CCCNCCNC(=O)C(CC)Nc1nnnn1-c1ccccc1.Cl.Cl. The molecule has 0 aliphatic carbocycles. The molecule has 0 saturated carbocycles. The van der Waals surface area contributed by atoms with E-state index in [0.717, 1.165) is 25.2 Å². The summed E-state index contributed by atoms with van der Waals surface area (Å²) in [5.74, 6) is 0.394. The molecule has 1 unspecified atom stereocenters. The van der Waals surface area contributed by atoms with E-state index in [0.29, 0.717) is 18.9 Å². The molecule has 1 aromatic carbocycles. The summed E-state index contributed by atoms with van der Waals surface area (Å²) in [4.78, 5) is 12.3. The van der Waals surface area contributed by atoms with Crippen LogP contribution in [0.2, 0.25) is 0 Å². The van der Waals surface area contributed by atoms with Gasteiger partial charge in [-0.2, -0.15) is 4.68 Å². The zero-order chi connectivity index (χ0) is 17.2. The molecule has 0 radical (unpaired) electrons. The van der Waals surface area contributed by atoms with Crippen molar-refractivity contribution in [3.63, 3.8) is 0 Å². The molecular formula is C16H27Cl2N7O. The van der Waals surface area contributed by atoms with Crippen molar-refractivity contribution in [2.75, 3.05) is 25.0 Å². The van der Waals surface area contributed by atoms with Crippen LogP contribution >= 0.6 is 24.8 Å². The van der Waals surface area contributed by atoms with Gasteiger partial charge in [-0.05, 0) is 41.9 Å². The van der Waals surface area contributed by atoms with Gasteiger partial charge in [0, 0.05) is 13.1 Å². The van der Waals surface area contributed by atoms with E-state index >= 15 is 0 Å². The zero-order valence-corrected chi connectivity index (χ0v) is 16.6. The molecule has 0 spiro atoms. The fourth-order valence-electron chi connectivity index (χ4n) is 2.23. The summed E-state index contributed by atoms with van der Waals surface area (Å²) in [6.45, 7) is 6.37. The number of rotatable bonds is 10. The van der Waals surface area contributed by atoms with Gasteiger partial charge in [-0.1, -0.05) is 37.1 Å². The number of aromatic nitrogens is 4. The van der Waals surface area contributed by atoms with Crippen molar-refractivity contribution in [3.8, 4) is 5.69 Å². The standard InChI is InChI=1S/C16H25N7O.2ClH/c1-3-10-17-11-12-18-15(24)14(4-2)19-16-20-21-22-23(16)13-8-6-5-7-9-13;;/h5-9,14,17H,3-4,10-12H2,1-2H3,(H,18,24)(H,19,20,22);2*1H. The monoisotopic (exact) mass is 403 g/mol. The first-order valence-electron chi connectivity index (χ1n) is 8.35. The molecule has 26 heavy (non-hydrogen) atoms. The van der Waals surface area contributed by atoms with Crippen LogP contribution in [-0.2, 0) is 4.79 Å². The zero-order valence-electron chi connectivity index (χ0n) is 15.0. The van der Waals surface area contributed by atoms with Gasteiger partial charge in [-0.15, -0.1) is 24.8 Å². The first-order chi connectivity index (χ1) is 11.8. The van der Waals surface area contributed by atoms with Crippen LogP contribution in [0.1, 0.15) is 26.7 Å². The third kappa shape index (κ3) is 7.15. The quantitative estimate of drug-likeness (QED) is 0.523. The van der Waals surface area contributed by atoms with E-state index in [1.807, 2.05) is 37.3 Å². The number of tetrazole rings is 1. The minimum Gasteiger partial charge on any atom is -0.353 e. The Hall–Kier alpha value is -1.90. The number of halogens is 2. The molecule has 0 saturated heterocycles. The van der Waals surface area contributed by atoms with Crippen LogP contribution < -0.4 is 16.0 Å². The molecular weight excluding hydrogens is 377 g/mol. The normalized spacial score (nSPS) is 11.0. The highest BCUT2D eigenvalue weighted by Gasteiger charge is 2.19. The third-order valence-corrected chi connectivity index (χ3v) is 3.53. The number of para-hydroxylation sites is 1. The molecule has 1 atom stereocenters. The second-order valence-electron chi connectivity index (χ2n) is 5.40. The molecule has 0 fully saturated rings. The number of nitrogens with one attached hydrogen (secondary N) is 3. The second kappa shape index (κ2) is 13.3. The average molecular weight is 404 g/mol. The van der Waals surface area contributed by atoms with Gasteiger partial charge in [-0.25, -0.2) is 0 Å². The van der Waals surface area contributed by atoms with Crippen LogP contribution in [0.4, 0.5) is 5.95 Å². The van der Waals surface area contributed by atoms with Crippen molar-refractivity contribution in [2.24, 2.45) is 0 Å². The average Bonchev–Trinajstić information content (AvgIpc) is 3.08. The topological polar surface area (TPSA) is 96.8 Å². The maximum atomic E-state index is 12.3. The van der Waals surface area contributed by atoms with E-state index in [9.17, 15) is 4.79 Å². The van der Waals surface area contributed by atoms with Gasteiger partial charge in [0.15, 0.2) is 0 Å². The molecule has 2 rings (SSSR count). The Balaban J connectivity index is 0.00000312. The van der Waals surface area contributed by atoms with Crippen molar-refractivity contribution in [1.29, 1.82) is 0 Å². The Kier molecular flexibility index (Phi) is 12.3. The Morgan fingerprint density at radius 1 is 1.12 bits per heavy atom. The van der Waals surface area contributed by atoms with Crippen molar-refractivity contribution in [1.82, 2.24) is 30.8 Å². The molecule has 8 nitrogen and oxygen atoms in total. The lowest BCUT2D eigenvalue weighted by atomic mass is 10.2. The van der Waals surface area contributed by atoms with Gasteiger partial charge in [0.25, 0.3) is 0 Å². The predicted molar refractivity (Wildman–Crippen MR) is 108 cm³/mol. The number of amides is 1. The largest absolute Gasteiger partial charge is 0.353 e. The van der Waals surface area contributed by atoms with E-state index in [4.69, 9.17) is 0 Å².